The Morgan fingerprint density at radius 3 is 2.24 bits per heavy atom. The third kappa shape index (κ3) is 9.22. The highest BCUT2D eigenvalue weighted by molar-refractivity contribution is 9.10. The van der Waals surface area contributed by atoms with Crippen molar-refractivity contribution in [2.24, 2.45) is 11.7 Å². The molecule has 120 valence electrons. The van der Waals surface area contributed by atoms with E-state index in [1.54, 1.807) is 7.11 Å². The van der Waals surface area contributed by atoms with Gasteiger partial charge < -0.3 is 19.9 Å². The molecule has 0 saturated heterocycles. The monoisotopic (exact) mass is 359 g/mol. The van der Waals surface area contributed by atoms with Gasteiger partial charge in [0.25, 0.3) is 0 Å². The van der Waals surface area contributed by atoms with Crippen molar-refractivity contribution in [2.45, 2.75) is 12.8 Å². The number of rotatable bonds is 12. The summed E-state index contributed by atoms with van der Waals surface area (Å²) in [6, 6.07) is 8.40. The second kappa shape index (κ2) is 12.1. The van der Waals surface area contributed by atoms with Crippen molar-refractivity contribution >= 4 is 15.9 Å². The molecule has 0 saturated carbocycles. The van der Waals surface area contributed by atoms with Gasteiger partial charge in [-0.3, -0.25) is 0 Å². The summed E-state index contributed by atoms with van der Waals surface area (Å²) in [5, 5.41) is 0. The quantitative estimate of drug-likeness (QED) is 0.583. The summed E-state index contributed by atoms with van der Waals surface area (Å²) in [6.07, 6.45) is 1.97. The lowest BCUT2D eigenvalue weighted by Crippen LogP contribution is -2.19. The maximum atomic E-state index is 5.84. The third-order valence-electron chi connectivity index (χ3n) is 3.25. The van der Waals surface area contributed by atoms with Crippen molar-refractivity contribution in [3.63, 3.8) is 0 Å². The minimum absolute atomic E-state index is 0.459. The van der Waals surface area contributed by atoms with E-state index in [1.165, 1.54) is 5.56 Å². The number of methoxy groups -OCH3 is 1. The summed E-state index contributed by atoms with van der Waals surface area (Å²) in [5.74, 6) is 0.459. The van der Waals surface area contributed by atoms with Crippen molar-refractivity contribution < 1.29 is 14.2 Å². The number of ether oxygens (including phenoxy) is 3. The molecule has 0 heterocycles. The van der Waals surface area contributed by atoms with Crippen LogP contribution in [-0.2, 0) is 20.6 Å². The Morgan fingerprint density at radius 1 is 1.00 bits per heavy atom. The van der Waals surface area contributed by atoms with Gasteiger partial charge in [-0.05, 0) is 43.0 Å². The topological polar surface area (TPSA) is 53.7 Å². The van der Waals surface area contributed by atoms with E-state index in [2.05, 4.69) is 40.2 Å². The predicted octanol–water partition coefficient (Wildman–Crippen LogP) is 2.64. The van der Waals surface area contributed by atoms with Gasteiger partial charge >= 0.3 is 0 Å². The van der Waals surface area contributed by atoms with Crippen LogP contribution in [0.2, 0.25) is 0 Å². The van der Waals surface area contributed by atoms with Gasteiger partial charge in [0.1, 0.15) is 0 Å². The first-order chi connectivity index (χ1) is 10.3. The Bertz CT molecular complexity index is 359. The number of nitrogens with two attached hydrogens (primary N) is 1. The minimum atomic E-state index is 0.459. The van der Waals surface area contributed by atoms with E-state index in [4.69, 9.17) is 19.9 Å². The first kappa shape index (κ1) is 18.6. The van der Waals surface area contributed by atoms with Crippen molar-refractivity contribution in [2.75, 3.05) is 46.7 Å². The number of hydrogen-bond acceptors (Lipinski definition) is 4. The molecule has 1 unspecified atom stereocenters. The van der Waals surface area contributed by atoms with Crippen LogP contribution < -0.4 is 5.73 Å². The first-order valence-corrected chi connectivity index (χ1v) is 8.14. The Morgan fingerprint density at radius 2 is 1.62 bits per heavy atom. The molecule has 0 aromatic heterocycles. The molecule has 0 aliphatic heterocycles. The molecule has 5 heteroatoms. The Balaban J connectivity index is 2.09. The Labute approximate surface area is 136 Å². The van der Waals surface area contributed by atoms with Gasteiger partial charge in [0.15, 0.2) is 0 Å². The highest BCUT2D eigenvalue weighted by atomic mass is 79.9. The second-order valence-corrected chi connectivity index (χ2v) is 5.85. The van der Waals surface area contributed by atoms with Crippen LogP contribution in [0.25, 0.3) is 0 Å². The molecule has 0 radical (unpaired) electrons. The number of benzene rings is 1. The molecular formula is C16H26BrNO3. The van der Waals surface area contributed by atoms with Crippen LogP contribution in [0.4, 0.5) is 0 Å². The van der Waals surface area contributed by atoms with E-state index in [0.717, 1.165) is 23.9 Å². The summed E-state index contributed by atoms with van der Waals surface area (Å²) < 4.78 is 16.9. The molecule has 1 rings (SSSR count). The smallest absolute Gasteiger partial charge is 0.0701 e. The zero-order valence-electron chi connectivity index (χ0n) is 12.7. The molecule has 0 bridgehead atoms. The summed E-state index contributed by atoms with van der Waals surface area (Å²) in [7, 11) is 1.66. The molecule has 0 amide bonds. The molecule has 21 heavy (non-hydrogen) atoms. The highest BCUT2D eigenvalue weighted by Crippen LogP contribution is 2.15. The Hall–Kier alpha value is -0.460. The van der Waals surface area contributed by atoms with E-state index in [1.807, 2.05) is 0 Å². The third-order valence-corrected chi connectivity index (χ3v) is 3.77. The molecule has 4 nitrogen and oxygen atoms in total. The van der Waals surface area contributed by atoms with Crippen LogP contribution in [0.3, 0.4) is 0 Å². The highest BCUT2D eigenvalue weighted by Gasteiger charge is 2.08. The average Bonchev–Trinajstić information content (AvgIpc) is 2.50. The maximum absolute atomic E-state index is 5.84. The van der Waals surface area contributed by atoms with E-state index in [-0.39, 0.29) is 0 Å². The van der Waals surface area contributed by atoms with Crippen LogP contribution in [0.15, 0.2) is 28.7 Å². The van der Waals surface area contributed by atoms with Gasteiger partial charge in [0, 0.05) is 18.2 Å². The van der Waals surface area contributed by atoms with Gasteiger partial charge in [0.2, 0.25) is 0 Å². The second-order valence-electron chi connectivity index (χ2n) is 4.94. The van der Waals surface area contributed by atoms with Gasteiger partial charge in [-0.1, -0.05) is 28.1 Å². The molecule has 1 atom stereocenters. The molecule has 0 fully saturated rings. The summed E-state index contributed by atoms with van der Waals surface area (Å²) >= 11 is 3.45. The largest absolute Gasteiger partial charge is 0.382 e. The van der Waals surface area contributed by atoms with Gasteiger partial charge in [-0.15, -0.1) is 0 Å². The normalized spacial score (nSPS) is 12.5. The zero-order valence-corrected chi connectivity index (χ0v) is 14.3. The number of halogens is 1. The molecule has 0 aliphatic carbocycles. The van der Waals surface area contributed by atoms with Crippen LogP contribution in [0.1, 0.15) is 12.0 Å². The average molecular weight is 360 g/mol. The zero-order chi connectivity index (χ0) is 15.3. The maximum Gasteiger partial charge on any atom is 0.0701 e. The van der Waals surface area contributed by atoms with Crippen molar-refractivity contribution in [3.05, 3.63) is 34.3 Å². The van der Waals surface area contributed by atoms with Crippen molar-refractivity contribution in [1.29, 1.82) is 0 Å². The lowest BCUT2D eigenvalue weighted by atomic mass is 9.97. The standard InChI is InChI=1S/C16H26BrNO3/c1-19-8-9-21-11-10-20-7-6-15(13-18)12-14-2-4-16(17)5-3-14/h2-5,15H,6-13,18H2,1H3. The fraction of sp³-hybridized carbons (Fsp3) is 0.625. The van der Waals surface area contributed by atoms with Crippen LogP contribution in [0, 0.1) is 5.92 Å². The fourth-order valence-corrected chi connectivity index (χ4v) is 2.24. The van der Waals surface area contributed by atoms with E-state index >= 15 is 0 Å². The van der Waals surface area contributed by atoms with Gasteiger partial charge in [-0.2, -0.15) is 0 Å². The van der Waals surface area contributed by atoms with Crippen LogP contribution in [-0.4, -0.2) is 46.7 Å². The molecule has 2 N–H and O–H groups in total. The minimum Gasteiger partial charge on any atom is -0.382 e. The predicted molar refractivity (Wildman–Crippen MR) is 88.5 cm³/mol. The van der Waals surface area contributed by atoms with Gasteiger partial charge in [-0.25, -0.2) is 0 Å². The SMILES string of the molecule is COCCOCCOCCC(CN)Cc1ccc(Br)cc1. The molecule has 1 aromatic carbocycles. The Kier molecular flexibility index (Phi) is 10.7. The van der Waals surface area contributed by atoms with E-state index in [0.29, 0.717) is 38.9 Å². The molecule has 1 aromatic rings. The van der Waals surface area contributed by atoms with Crippen molar-refractivity contribution in [3.8, 4) is 0 Å². The van der Waals surface area contributed by atoms with Gasteiger partial charge in [0.05, 0.1) is 26.4 Å². The molecule has 0 aliphatic rings. The van der Waals surface area contributed by atoms with Crippen molar-refractivity contribution in [1.82, 2.24) is 0 Å². The fourth-order valence-electron chi connectivity index (χ4n) is 1.97. The van der Waals surface area contributed by atoms with E-state index in [9.17, 15) is 0 Å². The summed E-state index contributed by atoms with van der Waals surface area (Å²) in [4.78, 5) is 0. The van der Waals surface area contributed by atoms with Crippen LogP contribution in [0.5, 0.6) is 0 Å². The molecule has 0 spiro atoms. The van der Waals surface area contributed by atoms with Crippen LogP contribution >= 0.6 is 15.9 Å². The lowest BCUT2D eigenvalue weighted by Gasteiger charge is -2.15. The lowest BCUT2D eigenvalue weighted by molar-refractivity contribution is 0.0220. The van der Waals surface area contributed by atoms with E-state index < -0.39 is 0 Å². The molecular weight excluding hydrogens is 334 g/mol. The summed E-state index contributed by atoms with van der Waals surface area (Å²) in [6.45, 7) is 3.90. The summed E-state index contributed by atoms with van der Waals surface area (Å²) in [5.41, 5.74) is 7.16. The number of hydrogen-bond donors (Lipinski definition) is 1. The first-order valence-electron chi connectivity index (χ1n) is 7.35.